The van der Waals surface area contributed by atoms with Crippen LogP contribution in [0.2, 0.25) is 0 Å². The van der Waals surface area contributed by atoms with Gasteiger partial charge in [-0.1, -0.05) is 34.1 Å². The van der Waals surface area contributed by atoms with E-state index in [-0.39, 0.29) is 0 Å². The number of benzene rings is 2. The van der Waals surface area contributed by atoms with Gasteiger partial charge in [-0.2, -0.15) is 0 Å². The third kappa shape index (κ3) is 3.22. The van der Waals surface area contributed by atoms with Gasteiger partial charge < -0.3 is 15.0 Å². The molecule has 0 bridgehead atoms. The fourth-order valence-corrected chi connectivity index (χ4v) is 3.18. The van der Waals surface area contributed by atoms with E-state index in [0.29, 0.717) is 0 Å². The highest BCUT2D eigenvalue weighted by Gasteiger charge is 2.16. The van der Waals surface area contributed by atoms with Gasteiger partial charge in [-0.05, 0) is 29.8 Å². The zero-order chi connectivity index (χ0) is 14.7. The lowest BCUT2D eigenvalue weighted by atomic mass is 10.1. The van der Waals surface area contributed by atoms with Gasteiger partial charge in [0.15, 0.2) is 0 Å². The molecule has 21 heavy (non-hydrogen) atoms. The predicted molar refractivity (Wildman–Crippen MR) is 89.9 cm³/mol. The molecule has 0 amide bonds. The molecule has 0 unspecified atom stereocenters. The summed E-state index contributed by atoms with van der Waals surface area (Å²) in [7, 11) is 1.73. The van der Waals surface area contributed by atoms with Crippen LogP contribution in [-0.2, 0) is 13.1 Å². The summed E-state index contributed by atoms with van der Waals surface area (Å²) in [5.74, 6) is 0.938. The molecule has 1 N–H and O–H groups in total. The Bertz CT molecular complexity index is 630. The van der Waals surface area contributed by atoms with Gasteiger partial charge in [0.25, 0.3) is 0 Å². The summed E-state index contributed by atoms with van der Waals surface area (Å²) in [6, 6.07) is 14.8. The molecule has 0 fully saturated rings. The van der Waals surface area contributed by atoms with Gasteiger partial charge in [0.1, 0.15) is 5.75 Å². The lowest BCUT2D eigenvalue weighted by Crippen LogP contribution is -2.28. The van der Waals surface area contributed by atoms with Crippen LogP contribution in [0.1, 0.15) is 11.1 Å². The molecule has 0 saturated carbocycles. The number of rotatable bonds is 3. The fraction of sp³-hybridized carbons (Fsp3) is 0.294. The van der Waals surface area contributed by atoms with E-state index in [1.54, 1.807) is 7.11 Å². The van der Waals surface area contributed by atoms with Gasteiger partial charge in [0, 0.05) is 41.9 Å². The summed E-state index contributed by atoms with van der Waals surface area (Å²) >= 11 is 3.55. The molecule has 4 heteroatoms. The Labute approximate surface area is 134 Å². The van der Waals surface area contributed by atoms with E-state index in [0.717, 1.165) is 36.4 Å². The maximum atomic E-state index is 5.50. The highest BCUT2D eigenvalue weighted by Crippen LogP contribution is 2.28. The summed E-state index contributed by atoms with van der Waals surface area (Å²) < 4.78 is 6.58. The minimum absolute atomic E-state index is 0.849. The highest BCUT2D eigenvalue weighted by atomic mass is 79.9. The Morgan fingerprint density at radius 2 is 2.10 bits per heavy atom. The lowest BCUT2D eigenvalue weighted by molar-refractivity contribution is 0.409. The van der Waals surface area contributed by atoms with E-state index in [2.05, 4.69) is 56.5 Å². The van der Waals surface area contributed by atoms with E-state index in [1.807, 2.05) is 12.1 Å². The second-order valence-corrected chi connectivity index (χ2v) is 6.10. The van der Waals surface area contributed by atoms with Crippen LogP contribution in [0.15, 0.2) is 46.9 Å². The van der Waals surface area contributed by atoms with E-state index in [4.69, 9.17) is 4.74 Å². The van der Waals surface area contributed by atoms with Crippen molar-refractivity contribution in [3.8, 4) is 5.75 Å². The van der Waals surface area contributed by atoms with Crippen molar-refractivity contribution in [2.24, 2.45) is 0 Å². The first-order chi connectivity index (χ1) is 10.3. The number of hydrogen-bond acceptors (Lipinski definition) is 3. The monoisotopic (exact) mass is 346 g/mol. The van der Waals surface area contributed by atoms with Gasteiger partial charge in [0.2, 0.25) is 0 Å². The molecule has 3 nitrogen and oxygen atoms in total. The summed E-state index contributed by atoms with van der Waals surface area (Å²) in [6.45, 7) is 3.77. The standard InChI is InChI=1S/C17H19BrN2O/c1-21-17-7-6-15(18)10-14(17)12-20-9-8-19-11-13-4-2-3-5-16(13)20/h2-7,10,19H,8-9,11-12H2,1H3. The first-order valence-electron chi connectivity index (χ1n) is 7.14. The van der Waals surface area contributed by atoms with Crippen LogP contribution in [0, 0.1) is 0 Å². The summed E-state index contributed by atoms with van der Waals surface area (Å²) in [5.41, 5.74) is 3.86. The van der Waals surface area contributed by atoms with Crippen molar-refractivity contribution in [3.63, 3.8) is 0 Å². The summed E-state index contributed by atoms with van der Waals surface area (Å²) in [5, 5.41) is 3.48. The molecular weight excluding hydrogens is 328 g/mol. The number of anilines is 1. The quantitative estimate of drug-likeness (QED) is 0.919. The molecule has 110 valence electrons. The van der Waals surface area contributed by atoms with Crippen LogP contribution < -0.4 is 15.0 Å². The number of halogens is 1. The van der Waals surface area contributed by atoms with Crippen molar-refractivity contribution in [1.82, 2.24) is 5.32 Å². The molecule has 1 aliphatic rings. The summed E-state index contributed by atoms with van der Waals surface area (Å²) in [6.07, 6.45) is 0. The van der Waals surface area contributed by atoms with Crippen molar-refractivity contribution in [1.29, 1.82) is 0 Å². The molecule has 0 radical (unpaired) electrons. The predicted octanol–water partition coefficient (Wildman–Crippen LogP) is 3.57. The molecule has 2 aromatic carbocycles. The van der Waals surface area contributed by atoms with E-state index in [1.165, 1.54) is 16.8 Å². The van der Waals surface area contributed by atoms with Gasteiger partial charge in [-0.15, -0.1) is 0 Å². The Kier molecular flexibility index (Phi) is 4.46. The Morgan fingerprint density at radius 1 is 1.24 bits per heavy atom. The van der Waals surface area contributed by atoms with Crippen LogP contribution in [0.4, 0.5) is 5.69 Å². The second kappa shape index (κ2) is 6.50. The molecule has 0 aromatic heterocycles. The normalized spacial score (nSPS) is 14.5. The van der Waals surface area contributed by atoms with Crippen molar-refractivity contribution >= 4 is 21.6 Å². The fourth-order valence-electron chi connectivity index (χ4n) is 2.77. The summed E-state index contributed by atoms with van der Waals surface area (Å²) in [4.78, 5) is 2.42. The van der Waals surface area contributed by atoms with Crippen LogP contribution in [0.25, 0.3) is 0 Å². The van der Waals surface area contributed by atoms with Crippen molar-refractivity contribution in [3.05, 3.63) is 58.1 Å². The highest BCUT2D eigenvalue weighted by molar-refractivity contribution is 9.10. The van der Waals surface area contributed by atoms with Crippen LogP contribution in [-0.4, -0.2) is 20.2 Å². The van der Waals surface area contributed by atoms with E-state index >= 15 is 0 Å². The van der Waals surface area contributed by atoms with E-state index in [9.17, 15) is 0 Å². The second-order valence-electron chi connectivity index (χ2n) is 5.18. The average Bonchev–Trinajstić information content (AvgIpc) is 2.70. The molecular formula is C17H19BrN2O. The van der Waals surface area contributed by atoms with Gasteiger partial charge in [-0.3, -0.25) is 0 Å². The SMILES string of the molecule is COc1ccc(Br)cc1CN1CCNCc2ccccc21. The molecule has 3 rings (SSSR count). The first-order valence-corrected chi connectivity index (χ1v) is 7.93. The topological polar surface area (TPSA) is 24.5 Å². The number of methoxy groups -OCH3 is 1. The van der Waals surface area contributed by atoms with Crippen LogP contribution in [0.3, 0.4) is 0 Å². The Morgan fingerprint density at radius 3 is 2.95 bits per heavy atom. The van der Waals surface area contributed by atoms with Crippen molar-refractivity contribution in [2.75, 3.05) is 25.1 Å². The van der Waals surface area contributed by atoms with Gasteiger partial charge >= 0.3 is 0 Å². The number of nitrogens with zero attached hydrogens (tertiary/aromatic N) is 1. The minimum Gasteiger partial charge on any atom is -0.496 e. The molecule has 2 aromatic rings. The van der Waals surface area contributed by atoms with Crippen LogP contribution in [0.5, 0.6) is 5.75 Å². The third-order valence-electron chi connectivity index (χ3n) is 3.81. The molecule has 0 spiro atoms. The number of hydrogen-bond donors (Lipinski definition) is 1. The maximum absolute atomic E-state index is 5.50. The average molecular weight is 347 g/mol. The lowest BCUT2D eigenvalue weighted by Gasteiger charge is -2.25. The number of para-hydroxylation sites is 1. The van der Waals surface area contributed by atoms with E-state index < -0.39 is 0 Å². The first kappa shape index (κ1) is 14.4. The molecule has 0 atom stereocenters. The van der Waals surface area contributed by atoms with Gasteiger partial charge in [0.05, 0.1) is 7.11 Å². The van der Waals surface area contributed by atoms with Gasteiger partial charge in [-0.25, -0.2) is 0 Å². The van der Waals surface area contributed by atoms with Crippen molar-refractivity contribution < 1.29 is 4.74 Å². The number of ether oxygens (including phenoxy) is 1. The molecule has 0 saturated heterocycles. The maximum Gasteiger partial charge on any atom is 0.123 e. The Hall–Kier alpha value is -1.52. The third-order valence-corrected chi connectivity index (χ3v) is 4.30. The number of nitrogens with one attached hydrogen (secondary N) is 1. The molecule has 1 aliphatic heterocycles. The molecule has 0 aliphatic carbocycles. The number of fused-ring (bicyclic) bond motifs is 1. The molecule has 1 heterocycles. The minimum atomic E-state index is 0.849. The van der Waals surface area contributed by atoms with Crippen molar-refractivity contribution in [2.45, 2.75) is 13.1 Å². The van der Waals surface area contributed by atoms with Crippen LogP contribution >= 0.6 is 15.9 Å². The zero-order valence-corrected chi connectivity index (χ0v) is 13.7. The largest absolute Gasteiger partial charge is 0.496 e. The Balaban J connectivity index is 1.93. The smallest absolute Gasteiger partial charge is 0.123 e. The zero-order valence-electron chi connectivity index (χ0n) is 12.1.